The zero-order chi connectivity index (χ0) is 23.4. The molecule has 0 bridgehead atoms. The van der Waals surface area contributed by atoms with Crippen LogP contribution in [-0.2, 0) is 14.9 Å². The number of piperidine rings is 1. The second-order valence-electron chi connectivity index (χ2n) is 8.61. The molecule has 0 unspecified atom stereocenters. The van der Waals surface area contributed by atoms with Gasteiger partial charge in [0.15, 0.2) is 0 Å². The van der Waals surface area contributed by atoms with Crippen LogP contribution in [0.5, 0.6) is 0 Å². The van der Waals surface area contributed by atoms with Gasteiger partial charge in [-0.2, -0.15) is 17.8 Å². The van der Waals surface area contributed by atoms with Crippen LogP contribution in [-0.4, -0.2) is 66.6 Å². The fourth-order valence-corrected chi connectivity index (χ4v) is 5.52. The van der Waals surface area contributed by atoms with Gasteiger partial charge in [-0.25, -0.2) is 4.68 Å². The molecule has 0 amide bonds. The van der Waals surface area contributed by atoms with Crippen molar-refractivity contribution in [2.75, 3.05) is 42.9 Å². The molecule has 0 radical (unpaired) electrons. The summed E-state index contributed by atoms with van der Waals surface area (Å²) in [6.45, 7) is 3.91. The summed E-state index contributed by atoms with van der Waals surface area (Å²) in [6, 6.07) is 8.61. The number of anilines is 2. The van der Waals surface area contributed by atoms with Gasteiger partial charge in [-0.05, 0) is 38.3 Å². The summed E-state index contributed by atoms with van der Waals surface area (Å²) >= 11 is 0. The lowest BCUT2D eigenvalue weighted by atomic mass is 9.98. The predicted molar refractivity (Wildman–Crippen MR) is 125 cm³/mol. The molecule has 0 aliphatic carbocycles. The SMILES string of the molecule is Cc1c(NC[C@H]2COCC[C@@H]2O)cnn(C2CCN(S(=O)(=O)Nc3ccccc3)CC2)c1=O. The van der Waals surface area contributed by atoms with Crippen molar-refractivity contribution in [3.8, 4) is 0 Å². The maximum Gasteiger partial charge on any atom is 0.301 e. The van der Waals surface area contributed by atoms with Crippen LogP contribution in [0.2, 0.25) is 0 Å². The number of benzene rings is 1. The Bertz CT molecular complexity index is 1100. The predicted octanol–water partition coefficient (Wildman–Crippen LogP) is 1.35. The van der Waals surface area contributed by atoms with Crippen molar-refractivity contribution in [2.45, 2.75) is 38.3 Å². The molecule has 2 aromatic rings. The lowest BCUT2D eigenvalue weighted by Gasteiger charge is -2.32. The van der Waals surface area contributed by atoms with E-state index in [2.05, 4.69) is 15.1 Å². The van der Waals surface area contributed by atoms with Crippen LogP contribution in [0.1, 0.15) is 30.9 Å². The summed E-state index contributed by atoms with van der Waals surface area (Å²) in [7, 11) is -3.65. The Morgan fingerprint density at radius 1 is 1.18 bits per heavy atom. The van der Waals surface area contributed by atoms with Crippen molar-refractivity contribution in [3.63, 3.8) is 0 Å². The molecule has 3 heterocycles. The van der Waals surface area contributed by atoms with Gasteiger partial charge in [-0.3, -0.25) is 9.52 Å². The van der Waals surface area contributed by atoms with Gasteiger partial charge in [0.05, 0.1) is 30.6 Å². The number of nitrogens with one attached hydrogen (secondary N) is 2. The van der Waals surface area contributed by atoms with Gasteiger partial charge in [0.2, 0.25) is 0 Å². The number of hydrogen-bond donors (Lipinski definition) is 3. The van der Waals surface area contributed by atoms with Crippen molar-refractivity contribution in [2.24, 2.45) is 5.92 Å². The average molecular weight is 478 g/mol. The van der Waals surface area contributed by atoms with E-state index >= 15 is 0 Å². The standard InChI is InChI=1S/C22H31N5O5S/c1-16-20(23-13-17-15-32-12-9-21(17)28)14-24-27(22(16)29)19-7-10-26(11-8-19)33(30,31)25-18-5-3-2-4-6-18/h2-6,14,17,19,21,23,25,28H,7-13,15H2,1H3/t17-,21-/m0/s1. The number of aromatic nitrogens is 2. The first kappa shape index (κ1) is 23.7. The molecule has 1 aromatic heterocycles. The molecular formula is C22H31N5O5S. The Balaban J connectivity index is 1.37. The van der Waals surface area contributed by atoms with Crippen molar-refractivity contribution < 1.29 is 18.3 Å². The lowest BCUT2D eigenvalue weighted by Crippen LogP contribution is -2.44. The second kappa shape index (κ2) is 10.2. The Morgan fingerprint density at radius 2 is 1.91 bits per heavy atom. The normalized spacial score (nSPS) is 22.7. The minimum absolute atomic E-state index is 0.0312. The summed E-state index contributed by atoms with van der Waals surface area (Å²) in [6.07, 6.45) is 2.83. The van der Waals surface area contributed by atoms with E-state index < -0.39 is 16.3 Å². The third-order valence-corrected chi connectivity index (χ3v) is 7.90. The van der Waals surface area contributed by atoms with Gasteiger partial charge in [0.1, 0.15) is 0 Å². The van der Waals surface area contributed by atoms with Gasteiger partial charge < -0.3 is 15.2 Å². The molecule has 2 fully saturated rings. The Morgan fingerprint density at radius 3 is 2.61 bits per heavy atom. The molecule has 2 atom stereocenters. The lowest BCUT2D eigenvalue weighted by molar-refractivity contribution is -0.0302. The molecule has 2 aliphatic heterocycles. The number of hydrogen-bond acceptors (Lipinski definition) is 7. The number of para-hydroxylation sites is 1. The fourth-order valence-electron chi connectivity index (χ4n) is 4.26. The van der Waals surface area contributed by atoms with Crippen LogP contribution in [0.4, 0.5) is 11.4 Å². The molecule has 1 aromatic carbocycles. The first-order chi connectivity index (χ1) is 15.8. The van der Waals surface area contributed by atoms with Gasteiger partial charge in [0, 0.05) is 43.4 Å². The van der Waals surface area contributed by atoms with E-state index in [-0.39, 0.29) is 17.5 Å². The van der Waals surface area contributed by atoms with Crippen LogP contribution in [0.15, 0.2) is 41.3 Å². The minimum atomic E-state index is -3.65. The molecule has 180 valence electrons. The van der Waals surface area contributed by atoms with E-state index in [4.69, 9.17) is 4.74 Å². The van der Waals surface area contributed by atoms with Crippen LogP contribution in [0.25, 0.3) is 0 Å². The smallest absolute Gasteiger partial charge is 0.301 e. The summed E-state index contributed by atoms with van der Waals surface area (Å²) in [4.78, 5) is 13.0. The van der Waals surface area contributed by atoms with Crippen molar-refractivity contribution in [3.05, 3.63) is 52.4 Å². The van der Waals surface area contributed by atoms with Gasteiger partial charge in [-0.1, -0.05) is 18.2 Å². The van der Waals surface area contributed by atoms with Crippen LogP contribution in [0, 0.1) is 12.8 Å². The summed E-state index contributed by atoms with van der Waals surface area (Å²) in [5.74, 6) is -0.0312. The van der Waals surface area contributed by atoms with Gasteiger partial charge >= 0.3 is 10.2 Å². The maximum absolute atomic E-state index is 13.0. The van der Waals surface area contributed by atoms with Crippen molar-refractivity contribution in [1.82, 2.24) is 14.1 Å². The van der Waals surface area contributed by atoms with E-state index in [9.17, 15) is 18.3 Å². The van der Waals surface area contributed by atoms with Crippen molar-refractivity contribution >= 4 is 21.6 Å². The van der Waals surface area contributed by atoms with E-state index in [0.717, 1.165) is 0 Å². The monoisotopic (exact) mass is 477 g/mol. The highest BCUT2D eigenvalue weighted by Gasteiger charge is 2.30. The molecular weight excluding hydrogens is 446 g/mol. The maximum atomic E-state index is 13.0. The summed E-state index contributed by atoms with van der Waals surface area (Å²) in [5.41, 5.74) is 1.52. The number of rotatable bonds is 7. The highest BCUT2D eigenvalue weighted by atomic mass is 32.2. The molecule has 3 N–H and O–H groups in total. The molecule has 4 rings (SSSR count). The molecule has 11 heteroatoms. The third-order valence-electron chi connectivity index (χ3n) is 6.36. The van der Waals surface area contributed by atoms with Gasteiger partial charge in [0.25, 0.3) is 5.56 Å². The van der Waals surface area contributed by atoms with E-state index in [1.165, 1.54) is 8.99 Å². The molecule has 33 heavy (non-hydrogen) atoms. The number of ether oxygens (including phenoxy) is 1. The third kappa shape index (κ3) is 5.55. The zero-order valence-electron chi connectivity index (χ0n) is 18.7. The molecule has 2 aliphatic rings. The highest BCUT2D eigenvalue weighted by molar-refractivity contribution is 7.90. The van der Waals surface area contributed by atoms with Crippen LogP contribution < -0.4 is 15.6 Å². The highest BCUT2D eigenvalue weighted by Crippen LogP contribution is 2.24. The number of aliphatic hydroxyl groups excluding tert-OH is 1. The Hall–Kier alpha value is -2.47. The van der Waals surface area contributed by atoms with Crippen molar-refractivity contribution in [1.29, 1.82) is 0 Å². The van der Waals surface area contributed by atoms with Crippen LogP contribution >= 0.6 is 0 Å². The Labute approximate surface area is 193 Å². The first-order valence-corrected chi connectivity index (χ1v) is 12.7. The largest absolute Gasteiger partial charge is 0.393 e. The van der Waals surface area contributed by atoms with Crippen LogP contribution in [0.3, 0.4) is 0 Å². The quantitative estimate of drug-likeness (QED) is 0.550. The number of aliphatic hydroxyl groups is 1. The molecule has 2 saturated heterocycles. The second-order valence-corrected chi connectivity index (χ2v) is 10.3. The fraction of sp³-hybridized carbons (Fsp3) is 0.545. The van der Waals surface area contributed by atoms with E-state index in [0.29, 0.717) is 69.0 Å². The zero-order valence-corrected chi connectivity index (χ0v) is 19.5. The summed E-state index contributed by atoms with van der Waals surface area (Å²) < 4.78 is 36.3. The number of nitrogens with zero attached hydrogens (tertiary/aromatic N) is 3. The molecule has 0 spiro atoms. The van der Waals surface area contributed by atoms with Gasteiger partial charge in [-0.15, -0.1) is 0 Å². The van der Waals surface area contributed by atoms with E-state index in [1.54, 1.807) is 37.4 Å². The minimum Gasteiger partial charge on any atom is -0.393 e. The average Bonchev–Trinajstić information content (AvgIpc) is 2.81. The summed E-state index contributed by atoms with van der Waals surface area (Å²) in [5, 5.41) is 17.7. The first-order valence-electron chi connectivity index (χ1n) is 11.3. The molecule has 0 saturated carbocycles. The van der Waals surface area contributed by atoms with E-state index in [1.807, 2.05) is 6.07 Å². The topological polar surface area (TPSA) is 126 Å². The Kier molecular flexibility index (Phi) is 7.32. The molecule has 10 nitrogen and oxygen atoms in total.